The van der Waals surface area contributed by atoms with Crippen molar-refractivity contribution in [3.05, 3.63) is 48.2 Å². The minimum absolute atomic E-state index is 0.0699. The van der Waals surface area contributed by atoms with Gasteiger partial charge in [0.1, 0.15) is 10.7 Å². The Kier molecular flexibility index (Phi) is 6.66. The molecular formula is C19H24F2N4O3S. The number of nitrogens with zero attached hydrogens (tertiary/aromatic N) is 2. The van der Waals surface area contributed by atoms with Gasteiger partial charge < -0.3 is 10.1 Å². The van der Waals surface area contributed by atoms with Crippen LogP contribution < -0.4 is 10.0 Å². The van der Waals surface area contributed by atoms with Gasteiger partial charge in [0, 0.05) is 37.4 Å². The minimum atomic E-state index is -3.97. The van der Waals surface area contributed by atoms with E-state index in [0.717, 1.165) is 24.7 Å². The van der Waals surface area contributed by atoms with Gasteiger partial charge in [-0.1, -0.05) is 0 Å². The number of aromatic nitrogens is 1. The zero-order valence-corrected chi connectivity index (χ0v) is 17.0. The molecule has 158 valence electrons. The Morgan fingerprint density at radius 2 is 2.07 bits per heavy atom. The molecule has 7 nitrogen and oxygen atoms in total. The highest BCUT2D eigenvalue weighted by molar-refractivity contribution is 7.92. The van der Waals surface area contributed by atoms with Crippen molar-refractivity contribution in [3.63, 3.8) is 0 Å². The van der Waals surface area contributed by atoms with Crippen LogP contribution in [0.25, 0.3) is 0 Å². The molecule has 0 bridgehead atoms. The molecule has 0 aliphatic carbocycles. The number of morpholine rings is 1. The van der Waals surface area contributed by atoms with Gasteiger partial charge in [-0.2, -0.15) is 0 Å². The number of anilines is 2. The van der Waals surface area contributed by atoms with Crippen LogP contribution in [-0.2, 0) is 14.8 Å². The number of hydrogen-bond acceptors (Lipinski definition) is 6. The van der Waals surface area contributed by atoms with Crippen LogP contribution in [0.2, 0.25) is 0 Å². The Balaban J connectivity index is 1.60. The molecule has 1 saturated heterocycles. The normalized spacial score (nSPS) is 19.0. The van der Waals surface area contributed by atoms with Gasteiger partial charge in [0.2, 0.25) is 0 Å². The summed E-state index contributed by atoms with van der Waals surface area (Å²) in [5, 5.41) is 3.20. The van der Waals surface area contributed by atoms with Gasteiger partial charge in [-0.15, -0.1) is 0 Å². The molecule has 3 rings (SSSR count). The summed E-state index contributed by atoms with van der Waals surface area (Å²) >= 11 is 0. The molecule has 1 aromatic heterocycles. The highest BCUT2D eigenvalue weighted by atomic mass is 32.2. The lowest BCUT2D eigenvalue weighted by Gasteiger charge is -2.37. The van der Waals surface area contributed by atoms with E-state index in [0.29, 0.717) is 31.6 Å². The van der Waals surface area contributed by atoms with Crippen LogP contribution in [0.5, 0.6) is 0 Å². The molecular weight excluding hydrogens is 402 g/mol. The molecule has 10 heteroatoms. The third-order valence-electron chi connectivity index (χ3n) is 4.78. The first-order chi connectivity index (χ1) is 13.8. The van der Waals surface area contributed by atoms with Crippen LogP contribution in [0, 0.1) is 11.6 Å². The largest absolute Gasteiger partial charge is 0.379 e. The zero-order chi connectivity index (χ0) is 21.0. The van der Waals surface area contributed by atoms with Gasteiger partial charge in [-0.3, -0.25) is 9.62 Å². The zero-order valence-electron chi connectivity index (χ0n) is 16.2. The molecule has 29 heavy (non-hydrogen) atoms. The molecule has 0 amide bonds. The van der Waals surface area contributed by atoms with Crippen molar-refractivity contribution in [2.45, 2.75) is 30.8 Å². The van der Waals surface area contributed by atoms with Crippen molar-refractivity contribution in [1.29, 1.82) is 0 Å². The summed E-state index contributed by atoms with van der Waals surface area (Å²) in [6, 6.07) is 6.35. The van der Waals surface area contributed by atoms with Crippen LogP contribution in [-0.4, -0.2) is 56.7 Å². The van der Waals surface area contributed by atoms with Crippen LogP contribution >= 0.6 is 0 Å². The number of pyridine rings is 1. The lowest BCUT2D eigenvalue weighted by atomic mass is 10.2. The maximum absolute atomic E-state index is 13.3. The molecule has 0 radical (unpaired) electrons. The summed E-state index contributed by atoms with van der Waals surface area (Å²) in [5.41, 5.74) is -0.0699. The molecule has 1 aromatic carbocycles. The van der Waals surface area contributed by atoms with Crippen LogP contribution in [0.1, 0.15) is 13.8 Å². The van der Waals surface area contributed by atoms with Crippen molar-refractivity contribution < 1.29 is 21.9 Å². The second kappa shape index (κ2) is 9.02. The second-order valence-electron chi connectivity index (χ2n) is 7.01. The van der Waals surface area contributed by atoms with Crippen molar-refractivity contribution in [2.24, 2.45) is 0 Å². The third-order valence-corrected chi connectivity index (χ3v) is 6.15. The van der Waals surface area contributed by atoms with Gasteiger partial charge >= 0.3 is 0 Å². The highest BCUT2D eigenvalue weighted by Crippen LogP contribution is 2.19. The smallest absolute Gasteiger partial charge is 0.263 e. The molecule has 0 saturated carbocycles. The quantitative estimate of drug-likeness (QED) is 0.708. The lowest BCUT2D eigenvalue weighted by molar-refractivity contribution is -0.0159. The number of hydrogen-bond donors (Lipinski definition) is 2. The number of ether oxygens (including phenoxy) is 1. The Bertz CT molecular complexity index is 941. The molecule has 1 aliphatic rings. The van der Waals surface area contributed by atoms with E-state index in [1.54, 1.807) is 6.07 Å². The Morgan fingerprint density at radius 1 is 1.28 bits per heavy atom. The summed E-state index contributed by atoms with van der Waals surface area (Å²) in [6.45, 7) is 7.16. The fraction of sp³-hybridized carbons (Fsp3) is 0.421. The minimum Gasteiger partial charge on any atom is -0.379 e. The molecule has 2 atom stereocenters. The summed E-state index contributed by atoms with van der Waals surface area (Å²) < 4.78 is 58.7. The number of halogens is 2. The van der Waals surface area contributed by atoms with Crippen molar-refractivity contribution in [3.8, 4) is 0 Å². The van der Waals surface area contributed by atoms with E-state index >= 15 is 0 Å². The molecule has 2 unspecified atom stereocenters. The average molecular weight is 426 g/mol. The van der Waals surface area contributed by atoms with E-state index < -0.39 is 21.7 Å². The number of rotatable bonds is 7. The first kappa shape index (κ1) is 21.4. The SMILES string of the molecule is CC(CNc1ccc(S(=O)(=O)Nc2ccc(F)c(F)c2)cn1)N1CCOCC1C. The van der Waals surface area contributed by atoms with E-state index in [4.69, 9.17) is 4.74 Å². The Labute approximate surface area is 169 Å². The third kappa shape index (κ3) is 5.40. The molecule has 1 aliphatic heterocycles. The van der Waals surface area contributed by atoms with Gasteiger partial charge in [0.05, 0.1) is 18.9 Å². The monoisotopic (exact) mass is 426 g/mol. The van der Waals surface area contributed by atoms with Gasteiger partial charge in [0.15, 0.2) is 11.6 Å². The maximum atomic E-state index is 13.3. The Morgan fingerprint density at radius 3 is 2.72 bits per heavy atom. The van der Waals surface area contributed by atoms with Crippen LogP contribution in [0.15, 0.2) is 41.4 Å². The van der Waals surface area contributed by atoms with Crippen molar-refractivity contribution in [2.75, 3.05) is 36.3 Å². The summed E-state index contributed by atoms with van der Waals surface area (Å²) in [7, 11) is -3.97. The van der Waals surface area contributed by atoms with Crippen LogP contribution in [0.3, 0.4) is 0 Å². The Hall–Kier alpha value is -2.30. The molecule has 2 N–H and O–H groups in total. The fourth-order valence-electron chi connectivity index (χ4n) is 3.18. The number of sulfonamides is 1. The van der Waals surface area contributed by atoms with E-state index in [-0.39, 0.29) is 16.6 Å². The average Bonchev–Trinajstić information content (AvgIpc) is 2.69. The molecule has 2 aromatic rings. The molecule has 0 spiro atoms. The topological polar surface area (TPSA) is 83.6 Å². The first-order valence-corrected chi connectivity index (χ1v) is 10.8. The van der Waals surface area contributed by atoms with Crippen molar-refractivity contribution >= 4 is 21.5 Å². The lowest BCUT2D eigenvalue weighted by Crippen LogP contribution is -2.50. The molecule has 1 fully saturated rings. The fourth-order valence-corrected chi connectivity index (χ4v) is 4.18. The van der Waals surface area contributed by atoms with E-state index in [1.807, 2.05) is 0 Å². The predicted molar refractivity (Wildman–Crippen MR) is 106 cm³/mol. The maximum Gasteiger partial charge on any atom is 0.263 e. The molecule has 2 heterocycles. The van der Waals surface area contributed by atoms with Crippen molar-refractivity contribution in [1.82, 2.24) is 9.88 Å². The van der Waals surface area contributed by atoms with Gasteiger partial charge in [0.25, 0.3) is 10.0 Å². The number of benzene rings is 1. The van der Waals surface area contributed by atoms with Gasteiger partial charge in [-0.05, 0) is 38.1 Å². The highest BCUT2D eigenvalue weighted by Gasteiger charge is 2.23. The summed E-state index contributed by atoms with van der Waals surface area (Å²) in [6.07, 6.45) is 1.21. The predicted octanol–water partition coefficient (Wildman–Crippen LogP) is 2.68. The van der Waals surface area contributed by atoms with E-state index in [9.17, 15) is 17.2 Å². The summed E-state index contributed by atoms with van der Waals surface area (Å²) in [4.78, 5) is 6.41. The number of nitrogens with one attached hydrogen (secondary N) is 2. The van der Waals surface area contributed by atoms with E-state index in [1.165, 1.54) is 12.3 Å². The van der Waals surface area contributed by atoms with Crippen LogP contribution in [0.4, 0.5) is 20.3 Å². The summed E-state index contributed by atoms with van der Waals surface area (Å²) in [5.74, 6) is -1.64. The van der Waals surface area contributed by atoms with Gasteiger partial charge in [-0.25, -0.2) is 22.2 Å². The van der Waals surface area contributed by atoms with E-state index in [2.05, 4.69) is 33.8 Å². The standard InChI is InChI=1S/C19H24F2N4O3S/c1-13(25-7-8-28-12-14(25)2)10-22-19-6-4-16(11-23-19)29(26,27)24-15-3-5-17(20)18(21)9-15/h3-6,9,11,13-14,24H,7-8,10,12H2,1-2H3,(H,22,23). The first-order valence-electron chi connectivity index (χ1n) is 9.27. The second-order valence-corrected chi connectivity index (χ2v) is 8.69.